The number of nitrogens with zero attached hydrogens (tertiary/aromatic N) is 1. The van der Waals surface area contributed by atoms with Crippen LogP contribution in [0.5, 0.6) is 0 Å². The predicted octanol–water partition coefficient (Wildman–Crippen LogP) is 2.62. The number of benzene rings is 1. The molecule has 1 heterocycles. The fourth-order valence-electron chi connectivity index (χ4n) is 1.49. The van der Waals surface area contributed by atoms with Crippen molar-refractivity contribution in [1.82, 2.24) is 4.98 Å². The van der Waals surface area contributed by atoms with E-state index in [1.54, 1.807) is 0 Å². The molecule has 0 aliphatic heterocycles. The van der Waals surface area contributed by atoms with Crippen molar-refractivity contribution in [3.8, 4) is 11.3 Å². The number of aromatic nitrogens is 1. The van der Waals surface area contributed by atoms with Crippen molar-refractivity contribution in [2.75, 3.05) is 11.9 Å². The molecule has 0 unspecified atom stereocenters. The molecule has 4 nitrogen and oxygen atoms in total. The van der Waals surface area contributed by atoms with Gasteiger partial charge in [-0.1, -0.05) is 30.3 Å². The number of rotatable bonds is 4. The Labute approximate surface area is 103 Å². The molecular formula is C12H12N2O2S. The molecule has 1 aromatic carbocycles. The lowest BCUT2D eigenvalue weighted by molar-refractivity contribution is -0.134. The highest BCUT2D eigenvalue weighted by atomic mass is 32.1. The van der Waals surface area contributed by atoms with Gasteiger partial charge in [0.1, 0.15) is 6.54 Å². The maximum absolute atomic E-state index is 10.4. The van der Waals surface area contributed by atoms with Gasteiger partial charge in [-0.25, -0.2) is 4.98 Å². The highest BCUT2D eigenvalue weighted by Crippen LogP contribution is 2.29. The second kappa shape index (κ2) is 4.97. The van der Waals surface area contributed by atoms with Gasteiger partial charge in [-0.05, 0) is 6.92 Å². The summed E-state index contributed by atoms with van der Waals surface area (Å²) >= 11 is 1.47. The molecule has 0 atom stereocenters. The number of carbonyl (C=O) groups is 1. The molecule has 5 heteroatoms. The Bertz CT molecular complexity index is 523. The van der Waals surface area contributed by atoms with Crippen molar-refractivity contribution in [2.24, 2.45) is 0 Å². The van der Waals surface area contributed by atoms with Gasteiger partial charge in [-0.15, -0.1) is 11.3 Å². The lowest BCUT2D eigenvalue weighted by atomic mass is 10.1. The van der Waals surface area contributed by atoms with Crippen LogP contribution in [-0.4, -0.2) is 22.6 Å². The summed E-state index contributed by atoms with van der Waals surface area (Å²) in [4.78, 5) is 15.9. The summed E-state index contributed by atoms with van der Waals surface area (Å²) in [5.41, 5.74) is 1.95. The molecule has 0 fully saturated rings. The number of nitrogens with one attached hydrogen (secondary N) is 1. The Hall–Kier alpha value is -1.88. The van der Waals surface area contributed by atoms with Gasteiger partial charge < -0.3 is 10.4 Å². The smallest absolute Gasteiger partial charge is 0.322 e. The van der Waals surface area contributed by atoms with E-state index >= 15 is 0 Å². The highest BCUT2D eigenvalue weighted by molar-refractivity contribution is 7.16. The van der Waals surface area contributed by atoms with Gasteiger partial charge in [-0.2, -0.15) is 0 Å². The number of carboxylic acid groups (broad SMARTS) is 1. The van der Waals surface area contributed by atoms with Crippen molar-refractivity contribution in [2.45, 2.75) is 6.92 Å². The molecule has 0 saturated carbocycles. The first kappa shape index (κ1) is 11.6. The summed E-state index contributed by atoms with van der Waals surface area (Å²) in [5, 5.41) is 12.0. The molecule has 0 bridgehead atoms. The van der Waals surface area contributed by atoms with E-state index in [2.05, 4.69) is 10.3 Å². The van der Waals surface area contributed by atoms with Crippen LogP contribution in [0.4, 0.5) is 5.13 Å². The van der Waals surface area contributed by atoms with Crippen LogP contribution in [0.25, 0.3) is 11.3 Å². The van der Waals surface area contributed by atoms with Crippen LogP contribution in [0.3, 0.4) is 0 Å². The van der Waals surface area contributed by atoms with E-state index in [1.165, 1.54) is 11.3 Å². The zero-order valence-corrected chi connectivity index (χ0v) is 10.1. The molecule has 2 rings (SSSR count). The number of carboxylic acids is 1. The van der Waals surface area contributed by atoms with E-state index < -0.39 is 5.97 Å². The molecule has 1 aromatic heterocycles. The zero-order valence-electron chi connectivity index (χ0n) is 9.30. The molecular weight excluding hydrogens is 236 g/mol. The Morgan fingerprint density at radius 2 is 2.12 bits per heavy atom. The summed E-state index contributed by atoms with van der Waals surface area (Å²) in [6.07, 6.45) is 0. The van der Waals surface area contributed by atoms with Crippen molar-refractivity contribution < 1.29 is 9.90 Å². The minimum absolute atomic E-state index is 0.110. The summed E-state index contributed by atoms with van der Waals surface area (Å²) in [5.74, 6) is -0.890. The van der Waals surface area contributed by atoms with Crippen LogP contribution in [-0.2, 0) is 4.79 Å². The molecule has 17 heavy (non-hydrogen) atoms. The molecule has 0 spiro atoms. The number of hydrogen-bond acceptors (Lipinski definition) is 4. The third-order valence-electron chi connectivity index (χ3n) is 2.23. The number of aryl methyl sites for hydroxylation is 1. The third kappa shape index (κ3) is 2.82. The molecule has 2 N–H and O–H groups in total. The molecule has 2 aromatic rings. The maximum atomic E-state index is 10.4. The van der Waals surface area contributed by atoms with E-state index in [9.17, 15) is 4.79 Å². The molecule has 0 saturated heterocycles. The lowest BCUT2D eigenvalue weighted by Gasteiger charge is -1.97. The average Bonchev–Trinajstić information content (AvgIpc) is 2.69. The highest BCUT2D eigenvalue weighted by Gasteiger charge is 2.09. The van der Waals surface area contributed by atoms with Crippen LogP contribution in [0.2, 0.25) is 0 Å². The Balaban J connectivity index is 2.22. The molecule has 0 aliphatic carbocycles. The number of anilines is 1. The Kier molecular flexibility index (Phi) is 3.39. The fraction of sp³-hybridized carbons (Fsp3) is 0.167. The van der Waals surface area contributed by atoms with Crippen molar-refractivity contribution in [3.05, 3.63) is 35.2 Å². The largest absolute Gasteiger partial charge is 0.480 e. The minimum atomic E-state index is -0.890. The Morgan fingerprint density at radius 1 is 1.41 bits per heavy atom. The van der Waals surface area contributed by atoms with E-state index in [-0.39, 0.29) is 6.54 Å². The summed E-state index contributed by atoms with van der Waals surface area (Å²) in [6, 6.07) is 9.85. The van der Waals surface area contributed by atoms with Crippen LogP contribution in [0, 0.1) is 6.92 Å². The quantitative estimate of drug-likeness (QED) is 0.873. The summed E-state index contributed by atoms with van der Waals surface area (Å²) in [6.45, 7) is 1.87. The summed E-state index contributed by atoms with van der Waals surface area (Å²) in [7, 11) is 0. The first-order valence-electron chi connectivity index (χ1n) is 5.15. The van der Waals surface area contributed by atoms with E-state index in [1.807, 2.05) is 37.3 Å². The van der Waals surface area contributed by atoms with Crippen molar-refractivity contribution in [1.29, 1.82) is 0 Å². The van der Waals surface area contributed by atoms with Crippen LogP contribution < -0.4 is 5.32 Å². The van der Waals surface area contributed by atoms with E-state index in [0.717, 1.165) is 16.1 Å². The number of aliphatic carboxylic acids is 1. The summed E-state index contributed by atoms with van der Waals surface area (Å²) < 4.78 is 0. The third-order valence-corrected chi connectivity index (χ3v) is 3.16. The van der Waals surface area contributed by atoms with Gasteiger partial charge in [0.25, 0.3) is 0 Å². The molecule has 0 aliphatic rings. The van der Waals surface area contributed by atoms with Crippen molar-refractivity contribution in [3.63, 3.8) is 0 Å². The SMILES string of the molecule is Cc1sc(NCC(=O)O)nc1-c1ccccc1. The second-order valence-electron chi connectivity index (χ2n) is 3.54. The maximum Gasteiger partial charge on any atom is 0.322 e. The van der Waals surface area contributed by atoms with Crippen molar-refractivity contribution >= 4 is 22.4 Å². The van der Waals surface area contributed by atoms with Gasteiger partial charge in [0.15, 0.2) is 5.13 Å². The lowest BCUT2D eigenvalue weighted by Crippen LogP contribution is -2.11. The predicted molar refractivity (Wildman–Crippen MR) is 68.4 cm³/mol. The number of hydrogen-bond donors (Lipinski definition) is 2. The monoisotopic (exact) mass is 248 g/mol. The Morgan fingerprint density at radius 3 is 2.76 bits per heavy atom. The first-order valence-corrected chi connectivity index (χ1v) is 5.97. The normalized spacial score (nSPS) is 10.2. The molecule has 88 valence electrons. The van der Waals surface area contributed by atoms with Gasteiger partial charge in [0, 0.05) is 10.4 Å². The van der Waals surface area contributed by atoms with Crippen LogP contribution in [0.1, 0.15) is 4.88 Å². The topological polar surface area (TPSA) is 62.2 Å². The van der Waals surface area contributed by atoms with Gasteiger partial charge in [0.05, 0.1) is 5.69 Å². The van der Waals surface area contributed by atoms with Gasteiger partial charge in [0.2, 0.25) is 0 Å². The fourth-order valence-corrected chi connectivity index (χ4v) is 2.32. The van der Waals surface area contributed by atoms with Gasteiger partial charge >= 0.3 is 5.97 Å². The molecule has 0 amide bonds. The standard InChI is InChI=1S/C12H12N2O2S/c1-8-11(9-5-3-2-4-6-9)14-12(17-8)13-7-10(15)16/h2-6H,7H2,1H3,(H,13,14)(H,15,16). The van der Waals surface area contributed by atoms with E-state index in [0.29, 0.717) is 5.13 Å². The van der Waals surface area contributed by atoms with Crippen LogP contribution >= 0.6 is 11.3 Å². The minimum Gasteiger partial charge on any atom is -0.480 e. The number of thiazole rings is 1. The second-order valence-corrected chi connectivity index (χ2v) is 4.74. The molecule has 0 radical (unpaired) electrons. The van der Waals surface area contributed by atoms with Gasteiger partial charge in [-0.3, -0.25) is 4.79 Å². The first-order chi connectivity index (χ1) is 8.16. The zero-order chi connectivity index (χ0) is 12.3. The van der Waals surface area contributed by atoms with Crippen LogP contribution in [0.15, 0.2) is 30.3 Å². The van der Waals surface area contributed by atoms with E-state index in [4.69, 9.17) is 5.11 Å². The average molecular weight is 248 g/mol.